The van der Waals surface area contributed by atoms with Crippen molar-refractivity contribution in [1.29, 1.82) is 0 Å². The fourth-order valence-corrected chi connectivity index (χ4v) is 2.70. The molecule has 1 aromatic heterocycles. The van der Waals surface area contributed by atoms with Gasteiger partial charge in [-0.3, -0.25) is 9.59 Å². The van der Waals surface area contributed by atoms with Gasteiger partial charge in [-0.05, 0) is 40.1 Å². The van der Waals surface area contributed by atoms with Crippen molar-refractivity contribution >= 4 is 39.7 Å². The van der Waals surface area contributed by atoms with Crippen LogP contribution in [0.5, 0.6) is 0 Å². The Hall–Kier alpha value is -2.68. The Balaban J connectivity index is 2.26. The van der Waals surface area contributed by atoms with Crippen molar-refractivity contribution in [2.24, 2.45) is 0 Å². The van der Waals surface area contributed by atoms with Gasteiger partial charge in [0.05, 0.1) is 11.6 Å². The summed E-state index contributed by atoms with van der Waals surface area (Å²) < 4.78 is 5.53. The van der Waals surface area contributed by atoms with Crippen molar-refractivity contribution in [1.82, 2.24) is 0 Å². The highest BCUT2D eigenvalue weighted by atomic mass is 16.3. The standard InChI is InChI=1S/C17H10O3/c18-13-3-1-10-9-15-11(7-12(10)8-13)2-4-14-16(19)5-6-20-17(14)15/h1-2,4-9H,3H2. The van der Waals surface area contributed by atoms with Crippen LogP contribution in [0.1, 0.15) is 6.42 Å². The van der Waals surface area contributed by atoms with Gasteiger partial charge in [0.1, 0.15) is 5.58 Å². The smallest absolute Gasteiger partial charge is 0.192 e. The van der Waals surface area contributed by atoms with Gasteiger partial charge in [0.15, 0.2) is 11.2 Å². The maximum absolute atomic E-state index is 11.8. The highest BCUT2D eigenvalue weighted by molar-refractivity contribution is 6.10. The molecule has 0 fully saturated rings. The third kappa shape index (κ3) is 1.53. The molecule has 0 radical (unpaired) electrons. The van der Waals surface area contributed by atoms with E-state index in [0.29, 0.717) is 17.4 Å². The zero-order chi connectivity index (χ0) is 13.7. The van der Waals surface area contributed by atoms with E-state index in [1.54, 1.807) is 12.1 Å². The van der Waals surface area contributed by atoms with Gasteiger partial charge in [-0.1, -0.05) is 12.1 Å². The summed E-state index contributed by atoms with van der Waals surface area (Å²) in [4.78, 5) is 23.3. The van der Waals surface area contributed by atoms with E-state index in [4.69, 9.17) is 4.42 Å². The molecule has 4 rings (SSSR count). The molecule has 2 aromatic carbocycles. The highest BCUT2D eigenvalue weighted by Gasteiger charge is 2.08. The predicted octanol–water partition coefficient (Wildman–Crippen LogP) is 1.48. The van der Waals surface area contributed by atoms with Crippen LogP contribution in [0.25, 0.3) is 33.9 Å². The predicted molar refractivity (Wildman–Crippen MR) is 77.8 cm³/mol. The number of hydrogen-bond donors (Lipinski definition) is 0. The molecule has 3 nitrogen and oxygen atoms in total. The van der Waals surface area contributed by atoms with Gasteiger partial charge in [-0.25, -0.2) is 0 Å². The summed E-state index contributed by atoms with van der Waals surface area (Å²) in [6.45, 7) is 0. The summed E-state index contributed by atoms with van der Waals surface area (Å²) in [6.07, 6.45) is 5.42. The second kappa shape index (κ2) is 3.90. The van der Waals surface area contributed by atoms with Crippen LogP contribution < -0.4 is 15.9 Å². The van der Waals surface area contributed by atoms with Gasteiger partial charge in [0, 0.05) is 17.9 Å². The van der Waals surface area contributed by atoms with E-state index in [1.165, 1.54) is 12.3 Å². The number of carbonyl (C=O) groups is 1. The summed E-state index contributed by atoms with van der Waals surface area (Å²) in [6, 6.07) is 9.03. The second-order valence-corrected chi connectivity index (χ2v) is 4.95. The highest BCUT2D eigenvalue weighted by Crippen LogP contribution is 2.21. The zero-order valence-electron chi connectivity index (χ0n) is 10.6. The van der Waals surface area contributed by atoms with Crippen LogP contribution in [0.15, 0.2) is 45.8 Å². The third-order valence-corrected chi connectivity index (χ3v) is 3.68. The maximum atomic E-state index is 11.8. The molecule has 0 spiro atoms. The van der Waals surface area contributed by atoms with Crippen LogP contribution in [-0.4, -0.2) is 5.78 Å². The lowest BCUT2D eigenvalue weighted by atomic mass is 10.0. The van der Waals surface area contributed by atoms with E-state index in [1.807, 2.05) is 24.3 Å². The minimum atomic E-state index is -0.0448. The van der Waals surface area contributed by atoms with E-state index in [9.17, 15) is 9.59 Å². The Morgan fingerprint density at radius 1 is 0.950 bits per heavy atom. The monoisotopic (exact) mass is 262 g/mol. The molecular weight excluding hydrogens is 252 g/mol. The normalized spacial score (nSPS) is 13.9. The van der Waals surface area contributed by atoms with Gasteiger partial charge >= 0.3 is 0 Å². The molecule has 3 aromatic rings. The number of Topliss-reactive ketones (excluding diaryl/α,β-unsaturated/α-hetero) is 1. The topological polar surface area (TPSA) is 47.3 Å². The molecular formula is C17H10O3. The summed E-state index contributed by atoms with van der Waals surface area (Å²) in [5, 5.41) is 4.38. The van der Waals surface area contributed by atoms with E-state index >= 15 is 0 Å². The zero-order valence-corrected chi connectivity index (χ0v) is 10.6. The van der Waals surface area contributed by atoms with E-state index in [2.05, 4.69) is 0 Å². The van der Waals surface area contributed by atoms with Crippen molar-refractivity contribution in [2.75, 3.05) is 0 Å². The molecule has 0 unspecified atom stereocenters. The molecule has 0 amide bonds. The molecule has 0 aliphatic heterocycles. The Bertz CT molecular complexity index is 1060. The number of ketones is 1. The Labute approximate surface area is 113 Å². The van der Waals surface area contributed by atoms with Crippen LogP contribution in [0, 0.1) is 0 Å². The van der Waals surface area contributed by atoms with Gasteiger partial charge in [0.2, 0.25) is 0 Å². The largest absolute Gasteiger partial charge is 0.463 e. The van der Waals surface area contributed by atoms with Crippen molar-refractivity contribution in [3.8, 4) is 0 Å². The Kier molecular flexibility index (Phi) is 2.18. The summed E-state index contributed by atoms with van der Waals surface area (Å²) >= 11 is 0. The summed E-state index contributed by atoms with van der Waals surface area (Å²) in [5.74, 6) is 0.115. The van der Waals surface area contributed by atoms with Crippen LogP contribution >= 0.6 is 0 Å². The quantitative estimate of drug-likeness (QED) is 0.576. The number of rotatable bonds is 0. The first-order valence-electron chi connectivity index (χ1n) is 6.41. The number of hydrogen-bond acceptors (Lipinski definition) is 3. The average molecular weight is 262 g/mol. The number of carbonyl (C=O) groups excluding carboxylic acids is 1. The van der Waals surface area contributed by atoms with Gasteiger partial charge in [-0.15, -0.1) is 0 Å². The lowest BCUT2D eigenvalue weighted by Crippen LogP contribution is -2.28. The molecule has 1 heterocycles. The summed E-state index contributed by atoms with van der Waals surface area (Å²) in [7, 11) is 0. The van der Waals surface area contributed by atoms with Gasteiger partial charge < -0.3 is 4.42 Å². The van der Waals surface area contributed by atoms with Crippen LogP contribution in [-0.2, 0) is 4.79 Å². The van der Waals surface area contributed by atoms with E-state index in [-0.39, 0.29) is 11.2 Å². The fraction of sp³-hybridized carbons (Fsp3) is 0.0588. The molecule has 3 heteroatoms. The average Bonchev–Trinajstić information content (AvgIpc) is 2.45. The van der Waals surface area contributed by atoms with Crippen LogP contribution in [0.3, 0.4) is 0 Å². The van der Waals surface area contributed by atoms with Gasteiger partial charge in [-0.2, -0.15) is 0 Å². The lowest BCUT2D eigenvalue weighted by molar-refractivity contribution is -0.112. The number of benzene rings is 2. The van der Waals surface area contributed by atoms with E-state index < -0.39 is 0 Å². The lowest BCUT2D eigenvalue weighted by Gasteiger charge is -2.05. The minimum absolute atomic E-state index is 0.0448. The van der Waals surface area contributed by atoms with Crippen molar-refractivity contribution in [3.05, 3.63) is 57.3 Å². The van der Waals surface area contributed by atoms with Crippen molar-refractivity contribution in [2.45, 2.75) is 6.42 Å². The van der Waals surface area contributed by atoms with Crippen molar-refractivity contribution < 1.29 is 9.21 Å². The first kappa shape index (κ1) is 11.2. The molecule has 0 atom stereocenters. The molecule has 0 bridgehead atoms. The maximum Gasteiger partial charge on any atom is 0.192 e. The molecule has 96 valence electrons. The molecule has 0 saturated heterocycles. The first-order chi connectivity index (χ1) is 9.72. The SMILES string of the molecule is O=C1C=c2cc3ccc4c(=O)ccoc4c3cc2=CC1. The molecule has 0 saturated carbocycles. The van der Waals surface area contributed by atoms with Crippen LogP contribution in [0.2, 0.25) is 0 Å². The molecule has 20 heavy (non-hydrogen) atoms. The molecule has 1 aliphatic carbocycles. The summed E-state index contributed by atoms with van der Waals surface area (Å²) in [5.41, 5.74) is 0.555. The third-order valence-electron chi connectivity index (χ3n) is 3.68. The van der Waals surface area contributed by atoms with Gasteiger partial charge in [0.25, 0.3) is 0 Å². The van der Waals surface area contributed by atoms with Crippen LogP contribution in [0.4, 0.5) is 0 Å². The molecule has 1 aliphatic rings. The Morgan fingerprint density at radius 2 is 1.85 bits per heavy atom. The second-order valence-electron chi connectivity index (χ2n) is 4.95. The number of fused-ring (bicyclic) bond motifs is 4. The fourth-order valence-electron chi connectivity index (χ4n) is 2.70. The van der Waals surface area contributed by atoms with Crippen molar-refractivity contribution in [3.63, 3.8) is 0 Å². The first-order valence-corrected chi connectivity index (χ1v) is 6.41. The molecule has 0 N–H and O–H groups in total. The minimum Gasteiger partial charge on any atom is -0.463 e. The van der Waals surface area contributed by atoms with E-state index in [0.717, 1.165) is 21.2 Å². The Morgan fingerprint density at radius 3 is 2.75 bits per heavy atom.